The highest BCUT2D eigenvalue weighted by Crippen LogP contribution is 2.38. The van der Waals surface area contributed by atoms with E-state index in [4.69, 9.17) is 4.74 Å². The summed E-state index contributed by atoms with van der Waals surface area (Å²) in [6, 6.07) is 15.3. The van der Waals surface area contributed by atoms with Crippen LogP contribution in [0.15, 0.2) is 54.9 Å². The topological polar surface area (TPSA) is 106 Å². The molecule has 1 fully saturated rings. The van der Waals surface area contributed by atoms with Crippen LogP contribution in [0.4, 0.5) is 0 Å². The summed E-state index contributed by atoms with van der Waals surface area (Å²) in [5.74, 6) is -0.250. The first-order valence-electron chi connectivity index (χ1n) is 12.4. The van der Waals surface area contributed by atoms with Gasteiger partial charge in [-0.2, -0.15) is 0 Å². The van der Waals surface area contributed by atoms with Crippen LogP contribution in [0.5, 0.6) is 5.75 Å². The minimum absolute atomic E-state index is 0.0314. The van der Waals surface area contributed by atoms with Gasteiger partial charge < -0.3 is 24.8 Å². The Morgan fingerprint density at radius 1 is 1.08 bits per heavy atom. The first-order chi connectivity index (χ1) is 17.8. The molecule has 1 saturated carbocycles. The van der Waals surface area contributed by atoms with Crippen molar-refractivity contribution < 1.29 is 19.1 Å². The monoisotopic (exact) mass is 501 g/mol. The fourth-order valence-corrected chi connectivity index (χ4v) is 4.93. The van der Waals surface area contributed by atoms with E-state index in [0.717, 1.165) is 35.3 Å². The number of ether oxygens (including phenoxy) is 1. The highest BCUT2D eigenvalue weighted by atomic mass is 16.5. The van der Waals surface area contributed by atoms with E-state index in [-0.39, 0.29) is 35.8 Å². The number of nitrogens with one attached hydrogen (secondary N) is 2. The quantitative estimate of drug-likeness (QED) is 0.494. The van der Waals surface area contributed by atoms with Gasteiger partial charge in [0.05, 0.1) is 20.0 Å². The van der Waals surface area contributed by atoms with Crippen molar-refractivity contribution >= 4 is 17.7 Å². The first-order valence-corrected chi connectivity index (χ1v) is 12.4. The number of amides is 3. The van der Waals surface area contributed by atoms with Crippen LogP contribution in [-0.4, -0.2) is 50.9 Å². The van der Waals surface area contributed by atoms with E-state index < -0.39 is 11.4 Å². The minimum atomic E-state index is -1.10. The van der Waals surface area contributed by atoms with Gasteiger partial charge in [0.15, 0.2) is 5.69 Å². The molecule has 5 rings (SSSR count). The van der Waals surface area contributed by atoms with Crippen LogP contribution in [0.1, 0.15) is 57.4 Å². The summed E-state index contributed by atoms with van der Waals surface area (Å²) in [6.45, 7) is 4.66. The van der Waals surface area contributed by atoms with Gasteiger partial charge in [-0.15, -0.1) is 0 Å². The Morgan fingerprint density at radius 2 is 1.81 bits per heavy atom. The van der Waals surface area contributed by atoms with E-state index in [1.54, 1.807) is 23.5 Å². The third-order valence-corrected chi connectivity index (χ3v) is 7.03. The Morgan fingerprint density at radius 3 is 2.49 bits per heavy atom. The van der Waals surface area contributed by atoms with Gasteiger partial charge in [-0.25, -0.2) is 4.98 Å². The summed E-state index contributed by atoms with van der Waals surface area (Å²) in [7, 11) is 1.60. The molecule has 3 aromatic rings. The molecule has 0 spiro atoms. The van der Waals surface area contributed by atoms with Crippen molar-refractivity contribution in [2.45, 2.75) is 57.9 Å². The molecule has 2 N–H and O–H groups in total. The minimum Gasteiger partial charge on any atom is -0.497 e. The highest BCUT2D eigenvalue weighted by Gasteiger charge is 2.53. The van der Waals surface area contributed by atoms with Crippen molar-refractivity contribution in [1.82, 2.24) is 25.1 Å². The zero-order chi connectivity index (χ0) is 26.2. The van der Waals surface area contributed by atoms with E-state index in [1.807, 2.05) is 55.5 Å². The van der Waals surface area contributed by atoms with Crippen LogP contribution in [0, 0.1) is 6.92 Å². The Kier molecular flexibility index (Phi) is 6.45. The van der Waals surface area contributed by atoms with Crippen molar-refractivity contribution in [3.63, 3.8) is 0 Å². The molecule has 3 amide bonds. The molecule has 2 aromatic carbocycles. The number of fused-ring (bicyclic) bond motifs is 1. The van der Waals surface area contributed by atoms with Gasteiger partial charge in [-0.1, -0.05) is 42.0 Å². The smallest absolute Gasteiger partial charge is 0.274 e. The molecule has 9 nitrogen and oxygen atoms in total. The maximum absolute atomic E-state index is 13.8. The predicted octanol–water partition coefficient (Wildman–Crippen LogP) is 2.82. The molecule has 1 aromatic heterocycles. The number of rotatable bonds is 8. The highest BCUT2D eigenvalue weighted by molar-refractivity contribution is 6.07. The maximum atomic E-state index is 13.8. The Hall–Kier alpha value is -4.14. The molecule has 1 unspecified atom stereocenters. The number of aromatic nitrogens is 2. The first kappa shape index (κ1) is 24.5. The molecule has 37 heavy (non-hydrogen) atoms. The lowest BCUT2D eigenvalue weighted by molar-refractivity contribution is -0.133. The fraction of sp³-hybridized carbons (Fsp3) is 0.357. The molecular weight excluding hydrogens is 470 g/mol. The number of aryl methyl sites for hydroxylation is 1. The lowest BCUT2D eigenvalue weighted by atomic mass is 9.93. The lowest BCUT2D eigenvalue weighted by Gasteiger charge is -2.44. The molecular formula is C28H31N5O4. The van der Waals surface area contributed by atoms with Crippen LogP contribution in [0.25, 0.3) is 0 Å². The second-order valence-electron chi connectivity index (χ2n) is 9.95. The van der Waals surface area contributed by atoms with Crippen molar-refractivity contribution in [3.05, 3.63) is 82.9 Å². The summed E-state index contributed by atoms with van der Waals surface area (Å²) < 4.78 is 6.83. The number of methoxy groups -OCH3 is 1. The number of hydrogen-bond acceptors (Lipinski definition) is 5. The van der Waals surface area contributed by atoms with Crippen molar-refractivity contribution in [1.29, 1.82) is 0 Å². The zero-order valence-corrected chi connectivity index (χ0v) is 21.3. The summed E-state index contributed by atoms with van der Waals surface area (Å²) in [6.07, 6.45) is 3.14. The molecule has 2 heterocycles. The third kappa shape index (κ3) is 4.81. The molecule has 1 aliphatic heterocycles. The van der Waals surface area contributed by atoms with Crippen LogP contribution >= 0.6 is 0 Å². The molecule has 192 valence electrons. The van der Waals surface area contributed by atoms with Gasteiger partial charge in [0.1, 0.15) is 17.0 Å². The number of hydrogen-bond donors (Lipinski definition) is 2. The molecule has 1 aliphatic carbocycles. The van der Waals surface area contributed by atoms with Gasteiger partial charge in [0.2, 0.25) is 5.91 Å². The van der Waals surface area contributed by atoms with Crippen LogP contribution in [0.3, 0.4) is 0 Å². The standard InChI is InChI=1S/C28H31N5O4/c1-18-5-4-6-20(13-18)15-29-25(34)23-24-26(35)33(21-9-10-21)28(2,16-32(24)17-31-23)27(36)30-14-19-7-11-22(37-3)12-8-19/h4-8,11-13,17,21H,9-10,14-16H2,1-3H3,(H,29,34)(H,30,36). The zero-order valence-electron chi connectivity index (χ0n) is 21.3. The van der Waals surface area contributed by atoms with Gasteiger partial charge >= 0.3 is 0 Å². The lowest BCUT2D eigenvalue weighted by Crippen LogP contribution is -2.64. The van der Waals surface area contributed by atoms with E-state index >= 15 is 0 Å². The normalized spacial score (nSPS) is 18.8. The summed E-state index contributed by atoms with van der Waals surface area (Å²) in [5.41, 5.74) is 2.21. The number of nitrogens with zero attached hydrogens (tertiary/aromatic N) is 3. The van der Waals surface area contributed by atoms with Crippen molar-refractivity contribution in [2.24, 2.45) is 0 Å². The number of carbonyl (C=O) groups is 3. The fourth-order valence-electron chi connectivity index (χ4n) is 4.93. The average molecular weight is 502 g/mol. The summed E-state index contributed by atoms with van der Waals surface area (Å²) in [4.78, 5) is 46.2. The SMILES string of the molecule is COc1ccc(CNC(=O)C2(C)Cn3cnc(C(=O)NCc4cccc(C)c4)c3C(=O)N2C2CC2)cc1. The van der Waals surface area contributed by atoms with Crippen molar-refractivity contribution in [2.75, 3.05) is 7.11 Å². The Bertz CT molecular complexity index is 1340. The molecule has 2 aliphatic rings. The average Bonchev–Trinajstić information content (AvgIpc) is 3.63. The van der Waals surface area contributed by atoms with E-state index in [1.165, 1.54) is 6.33 Å². The predicted molar refractivity (Wildman–Crippen MR) is 137 cm³/mol. The largest absolute Gasteiger partial charge is 0.497 e. The van der Waals surface area contributed by atoms with Gasteiger partial charge in [0.25, 0.3) is 11.8 Å². The Labute approximate surface area is 215 Å². The van der Waals surface area contributed by atoms with Gasteiger partial charge in [0, 0.05) is 19.1 Å². The second kappa shape index (κ2) is 9.72. The van der Waals surface area contributed by atoms with Crippen molar-refractivity contribution in [3.8, 4) is 5.75 Å². The third-order valence-electron chi connectivity index (χ3n) is 7.03. The summed E-state index contributed by atoms with van der Waals surface area (Å²) in [5, 5.41) is 5.87. The maximum Gasteiger partial charge on any atom is 0.274 e. The number of benzene rings is 2. The molecule has 9 heteroatoms. The van der Waals surface area contributed by atoms with E-state index in [2.05, 4.69) is 15.6 Å². The van der Waals surface area contributed by atoms with Crippen LogP contribution in [-0.2, 0) is 24.4 Å². The molecule has 1 atom stereocenters. The Balaban J connectivity index is 1.34. The molecule has 0 saturated heterocycles. The number of imidazole rings is 1. The van der Waals surface area contributed by atoms with Crippen LogP contribution < -0.4 is 15.4 Å². The molecule has 0 radical (unpaired) electrons. The van der Waals surface area contributed by atoms with Crippen LogP contribution in [0.2, 0.25) is 0 Å². The van der Waals surface area contributed by atoms with E-state index in [9.17, 15) is 14.4 Å². The second-order valence-corrected chi connectivity index (χ2v) is 9.95. The summed E-state index contributed by atoms with van der Waals surface area (Å²) >= 11 is 0. The van der Waals surface area contributed by atoms with Gasteiger partial charge in [-0.3, -0.25) is 14.4 Å². The van der Waals surface area contributed by atoms with E-state index in [0.29, 0.717) is 13.1 Å². The number of carbonyl (C=O) groups excluding carboxylic acids is 3. The molecule has 0 bridgehead atoms. The van der Waals surface area contributed by atoms with Gasteiger partial charge in [-0.05, 0) is 49.9 Å².